The number of benzene rings is 2. The summed E-state index contributed by atoms with van der Waals surface area (Å²) in [6, 6.07) is 13.3. The molecule has 6 heteroatoms. The molecule has 116 valence electrons. The number of fused-ring (bicyclic) bond motifs is 6. The molecule has 0 N–H and O–H groups in total. The molecule has 6 rings (SSSR count). The third kappa shape index (κ3) is 1.37. The maximum Gasteiger partial charge on any atom is 0.159 e. The van der Waals surface area contributed by atoms with Crippen molar-refractivity contribution in [1.29, 1.82) is 0 Å². The van der Waals surface area contributed by atoms with Gasteiger partial charge in [0.25, 0.3) is 0 Å². The first-order valence-corrected chi connectivity index (χ1v) is 7.97. The van der Waals surface area contributed by atoms with E-state index in [0.29, 0.717) is 5.52 Å². The van der Waals surface area contributed by atoms with Crippen molar-refractivity contribution < 1.29 is 4.39 Å². The molecule has 0 saturated heterocycles. The lowest BCUT2D eigenvalue weighted by Crippen LogP contribution is -2.12. The Kier molecular flexibility index (Phi) is 2.11. The lowest BCUT2D eigenvalue weighted by atomic mass is 9.98. The Morgan fingerprint density at radius 1 is 1.08 bits per heavy atom. The molecule has 2 aliphatic heterocycles. The second-order valence-corrected chi connectivity index (χ2v) is 6.36. The molecular weight excluding hydrogens is 305 g/mol. The molecule has 5 nitrogen and oxygen atoms in total. The molecule has 0 aliphatic carbocycles. The number of hydrogen-bond donors (Lipinski definition) is 0. The van der Waals surface area contributed by atoms with E-state index < -0.39 is 0 Å². The van der Waals surface area contributed by atoms with Crippen LogP contribution in [0.4, 0.5) is 4.39 Å². The van der Waals surface area contributed by atoms with Crippen LogP contribution in [-0.2, 0) is 0 Å². The summed E-state index contributed by atoms with van der Waals surface area (Å²) < 4.78 is 17.8. The van der Waals surface area contributed by atoms with E-state index in [1.54, 1.807) is 6.33 Å². The van der Waals surface area contributed by atoms with Crippen LogP contribution in [0.3, 0.4) is 0 Å². The third-order valence-corrected chi connectivity index (χ3v) is 5.16. The Hall–Kier alpha value is -3.02. The number of imidazole rings is 1. The summed E-state index contributed by atoms with van der Waals surface area (Å²) in [5, 5.41) is 4.46. The van der Waals surface area contributed by atoms with E-state index in [-0.39, 0.29) is 17.9 Å². The Balaban J connectivity index is 1.75. The van der Waals surface area contributed by atoms with Crippen molar-refractivity contribution in [2.75, 3.05) is 0 Å². The fourth-order valence-corrected chi connectivity index (χ4v) is 4.21. The minimum atomic E-state index is -0.260. The van der Waals surface area contributed by atoms with E-state index in [4.69, 9.17) is 4.98 Å². The molecule has 4 aromatic rings. The zero-order valence-corrected chi connectivity index (χ0v) is 12.6. The molecule has 24 heavy (non-hydrogen) atoms. The van der Waals surface area contributed by atoms with Crippen LogP contribution in [0.25, 0.3) is 22.4 Å². The van der Waals surface area contributed by atoms with Crippen molar-refractivity contribution in [3.63, 3.8) is 0 Å². The largest absolute Gasteiger partial charge is 0.318 e. The normalized spacial score (nSPS) is 20.5. The van der Waals surface area contributed by atoms with E-state index >= 15 is 0 Å². The maximum absolute atomic E-state index is 13.6. The second-order valence-electron chi connectivity index (χ2n) is 6.36. The molecule has 0 fully saturated rings. The highest BCUT2D eigenvalue weighted by Gasteiger charge is 2.41. The molecule has 0 spiro atoms. The quantitative estimate of drug-likeness (QED) is 0.500. The molecule has 2 aromatic heterocycles. The van der Waals surface area contributed by atoms with Crippen molar-refractivity contribution in [2.45, 2.75) is 18.5 Å². The topological polar surface area (TPSA) is 48.5 Å². The molecule has 2 unspecified atom stereocenters. The van der Waals surface area contributed by atoms with Crippen LogP contribution in [0.2, 0.25) is 0 Å². The average Bonchev–Trinajstić information content (AvgIpc) is 3.25. The van der Waals surface area contributed by atoms with Gasteiger partial charge in [0.05, 0.1) is 17.1 Å². The van der Waals surface area contributed by atoms with Crippen LogP contribution >= 0.6 is 0 Å². The van der Waals surface area contributed by atoms with Crippen molar-refractivity contribution in [3.05, 3.63) is 66.0 Å². The van der Waals surface area contributed by atoms with Gasteiger partial charge in [-0.3, -0.25) is 0 Å². The highest BCUT2D eigenvalue weighted by molar-refractivity contribution is 5.78. The minimum Gasteiger partial charge on any atom is -0.318 e. The van der Waals surface area contributed by atoms with E-state index in [2.05, 4.69) is 32.8 Å². The number of rotatable bonds is 0. The molecule has 4 heterocycles. The van der Waals surface area contributed by atoms with Gasteiger partial charge in [-0.2, -0.15) is 5.10 Å². The van der Waals surface area contributed by atoms with Crippen LogP contribution in [0.1, 0.15) is 29.9 Å². The zero-order chi connectivity index (χ0) is 15.8. The zero-order valence-electron chi connectivity index (χ0n) is 12.6. The summed E-state index contributed by atoms with van der Waals surface area (Å²) in [6.07, 6.45) is 2.49. The summed E-state index contributed by atoms with van der Waals surface area (Å²) >= 11 is 0. The number of hydrogen-bond acceptors (Lipinski definition) is 3. The third-order valence-electron chi connectivity index (χ3n) is 5.16. The fourth-order valence-electron chi connectivity index (χ4n) is 4.21. The van der Waals surface area contributed by atoms with Crippen LogP contribution in [0.5, 0.6) is 0 Å². The van der Waals surface area contributed by atoms with E-state index in [1.165, 1.54) is 17.7 Å². The van der Waals surface area contributed by atoms with Gasteiger partial charge in [0.2, 0.25) is 0 Å². The van der Waals surface area contributed by atoms with Gasteiger partial charge in [-0.05, 0) is 17.7 Å². The molecule has 2 atom stereocenters. The fraction of sp³-hybridized carbons (Fsp3) is 0.167. The van der Waals surface area contributed by atoms with Crippen molar-refractivity contribution in [2.24, 2.45) is 0 Å². The smallest absolute Gasteiger partial charge is 0.159 e. The number of halogens is 1. The first-order chi connectivity index (χ1) is 11.8. The number of nitrogens with zero attached hydrogens (tertiary/aromatic N) is 5. The van der Waals surface area contributed by atoms with Gasteiger partial charge >= 0.3 is 0 Å². The molecular formula is C18H12FN5. The van der Waals surface area contributed by atoms with E-state index in [0.717, 1.165) is 29.1 Å². The summed E-state index contributed by atoms with van der Waals surface area (Å²) in [5.41, 5.74) is 3.99. The number of aromatic nitrogens is 5. The van der Waals surface area contributed by atoms with E-state index in [1.807, 2.05) is 16.8 Å². The standard InChI is InChI=1S/C18H12FN5/c19-10-5-6-14-13(7-10)22-18-16-8-15(23(14)18)11-3-1-2-4-12(11)17-20-9-21-24(16)17/h1-7,9,15-16H,8H2. The summed E-state index contributed by atoms with van der Waals surface area (Å²) in [6.45, 7) is 0. The second kappa shape index (κ2) is 4.08. The molecule has 0 radical (unpaired) electrons. The monoisotopic (exact) mass is 317 g/mol. The van der Waals surface area contributed by atoms with Gasteiger partial charge in [-0.1, -0.05) is 24.3 Å². The Labute approximate surface area is 136 Å². The minimum absolute atomic E-state index is 0.0235. The van der Waals surface area contributed by atoms with Gasteiger partial charge in [-0.15, -0.1) is 0 Å². The van der Waals surface area contributed by atoms with Crippen molar-refractivity contribution >= 4 is 11.0 Å². The summed E-state index contributed by atoms with van der Waals surface area (Å²) in [4.78, 5) is 9.20. The molecule has 2 aromatic carbocycles. The first kappa shape index (κ1) is 12.4. The lowest BCUT2D eigenvalue weighted by molar-refractivity contribution is 0.504. The van der Waals surface area contributed by atoms with Crippen LogP contribution in [-0.4, -0.2) is 24.3 Å². The van der Waals surface area contributed by atoms with Crippen molar-refractivity contribution in [3.8, 4) is 11.4 Å². The van der Waals surface area contributed by atoms with Gasteiger partial charge in [0.15, 0.2) is 5.82 Å². The highest BCUT2D eigenvalue weighted by atomic mass is 19.1. The van der Waals surface area contributed by atoms with Crippen LogP contribution < -0.4 is 0 Å². The predicted octanol–water partition coefficient (Wildman–Crippen LogP) is 3.33. The average molecular weight is 317 g/mol. The maximum atomic E-state index is 13.6. The van der Waals surface area contributed by atoms with Gasteiger partial charge < -0.3 is 4.57 Å². The van der Waals surface area contributed by atoms with Crippen molar-refractivity contribution in [1.82, 2.24) is 24.3 Å². The predicted molar refractivity (Wildman–Crippen MR) is 86.0 cm³/mol. The molecule has 2 bridgehead atoms. The lowest BCUT2D eigenvalue weighted by Gasteiger charge is -2.17. The summed E-state index contributed by atoms with van der Waals surface area (Å²) in [5.74, 6) is 1.55. The van der Waals surface area contributed by atoms with Crippen LogP contribution in [0.15, 0.2) is 48.8 Å². The molecule has 0 amide bonds. The molecule has 0 saturated carbocycles. The van der Waals surface area contributed by atoms with Gasteiger partial charge in [0.1, 0.15) is 24.0 Å². The Morgan fingerprint density at radius 3 is 2.96 bits per heavy atom. The van der Waals surface area contributed by atoms with Gasteiger partial charge in [-0.25, -0.2) is 19.0 Å². The summed E-state index contributed by atoms with van der Waals surface area (Å²) in [7, 11) is 0. The van der Waals surface area contributed by atoms with Gasteiger partial charge in [0, 0.05) is 18.1 Å². The first-order valence-electron chi connectivity index (χ1n) is 7.97. The molecule has 2 aliphatic rings. The SMILES string of the molecule is Fc1ccc2c(c1)nc1n2C2CC1n1ncnc1-c1ccccc12. The highest BCUT2D eigenvalue weighted by Crippen LogP contribution is 2.48. The van der Waals surface area contributed by atoms with E-state index in [9.17, 15) is 4.39 Å². The Morgan fingerprint density at radius 2 is 2.00 bits per heavy atom. The van der Waals surface area contributed by atoms with Crippen LogP contribution in [0, 0.1) is 5.82 Å². The Bertz CT molecular complexity index is 1130.